The van der Waals surface area contributed by atoms with Crippen LogP contribution >= 0.6 is 0 Å². The largest absolute Gasteiger partial charge is 0.465 e. The minimum atomic E-state index is -3.44. The molecule has 3 N–H and O–H groups in total. The van der Waals surface area contributed by atoms with Gasteiger partial charge >= 0.3 is 6.09 Å². The van der Waals surface area contributed by atoms with Crippen molar-refractivity contribution >= 4 is 27.7 Å². The lowest BCUT2D eigenvalue weighted by molar-refractivity contribution is -0.120. The average Bonchev–Trinajstić information content (AvgIpc) is 3.90. The molecule has 3 fully saturated rings. The van der Waals surface area contributed by atoms with E-state index in [9.17, 15) is 27.5 Å². The number of likely N-dealkylation sites (N-methyl/N-ethyl adjacent to an activating group) is 1. The summed E-state index contributed by atoms with van der Waals surface area (Å²) >= 11 is 0. The molecule has 0 radical (unpaired) electrons. The Kier molecular flexibility index (Phi) is 9.63. The molecule has 2 saturated heterocycles. The van der Waals surface area contributed by atoms with Gasteiger partial charge in [-0.3, -0.25) is 9.69 Å². The molecule has 3 unspecified atom stereocenters. The third kappa shape index (κ3) is 7.34. The summed E-state index contributed by atoms with van der Waals surface area (Å²) in [7, 11) is -2.13. The van der Waals surface area contributed by atoms with Crippen LogP contribution in [0.4, 0.5) is 19.3 Å². The number of nitrogens with zero attached hydrogens (tertiary/aromatic N) is 2. The van der Waals surface area contributed by atoms with Crippen molar-refractivity contribution in [2.45, 2.75) is 68.5 Å². The lowest BCUT2D eigenvalue weighted by Crippen LogP contribution is -2.57. The number of carbonyl (C=O) groups excluding carboxylic acids is 1. The number of benzene rings is 3. The lowest BCUT2D eigenvalue weighted by Gasteiger charge is -2.37. The van der Waals surface area contributed by atoms with Gasteiger partial charge in [0.15, 0.2) is 0 Å². The van der Waals surface area contributed by atoms with E-state index < -0.39 is 45.6 Å². The smallest absolute Gasteiger partial charge is 0.407 e. The summed E-state index contributed by atoms with van der Waals surface area (Å²) in [5.41, 5.74) is 2.74. The van der Waals surface area contributed by atoms with E-state index in [4.69, 9.17) is 0 Å². The minimum absolute atomic E-state index is 0.0833. The van der Waals surface area contributed by atoms with Gasteiger partial charge in [-0.15, -0.1) is 0 Å². The van der Waals surface area contributed by atoms with Gasteiger partial charge in [0.1, 0.15) is 17.7 Å². The Balaban J connectivity index is 1.31. The van der Waals surface area contributed by atoms with Gasteiger partial charge in [0.25, 0.3) is 0 Å². The van der Waals surface area contributed by atoms with Gasteiger partial charge in [-0.25, -0.2) is 22.0 Å². The molecule has 2 aliphatic heterocycles. The summed E-state index contributed by atoms with van der Waals surface area (Å²) in [6, 6.07) is 16.1. The van der Waals surface area contributed by atoms with Gasteiger partial charge in [0.2, 0.25) is 15.9 Å². The minimum Gasteiger partial charge on any atom is -0.465 e. The number of piperazine rings is 1. The maximum Gasteiger partial charge on any atom is 0.407 e. The highest BCUT2D eigenvalue weighted by Gasteiger charge is 2.39. The summed E-state index contributed by atoms with van der Waals surface area (Å²) < 4.78 is 57.0. The summed E-state index contributed by atoms with van der Waals surface area (Å²) in [6.07, 6.45) is 2.60. The Morgan fingerprint density at radius 3 is 2.51 bits per heavy atom. The molecule has 6 rings (SSSR count). The molecular weight excluding hydrogens is 626 g/mol. The molecule has 9 nitrogen and oxygen atoms in total. The molecule has 3 aliphatic rings. The molecule has 2 heterocycles. The van der Waals surface area contributed by atoms with E-state index in [-0.39, 0.29) is 35.5 Å². The molecular formula is C35H40F2N4O5S. The van der Waals surface area contributed by atoms with Crippen LogP contribution in [-0.2, 0) is 21.2 Å². The predicted octanol–water partition coefficient (Wildman–Crippen LogP) is 5.29. The third-order valence-corrected chi connectivity index (χ3v) is 11.7. The number of fused-ring (bicyclic) bond motifs is 2. The molecule has 3 aromatic rings. The Hall–Kier alpha value is -3.87. The topological polar surface area (TPSA) is 119 Å². The third-order valence-electron chi connectivity index (χ3n) is 9.72. The van der Waals surface area contributed by atoms with Crippen LogP contribution in [0.25, 0.3) is 0 Å². The van der Waals surface area contributed by atoms with E-state index in [1.54, 1.807) is 22.5 Å². The fourth-order valence-electron chi connectivity index (χ4n) is 7.01. The average molecular weight is 667 g/mol. The molecule has 0 aromatic heterocycles. The zero-order chi connectivity index (χ0) is 33.3. The van der Waals surface area contributed by atoms with E-state index >= 15 is 4.39 Å². The second-order valence-electron chi connectivity index (χ2n) is 12.9. The van der Waals surface area contributed by atoms with Gasteiger partial charge in [-0.1, -0.05) is 42.5 Å². The standard InChI is InChI=1S/C35H40F2N4O5S/c1-40(35(43)44)33(32(23-12-14-26(36)15-13-23)25-6-2-5-24(19-25)22-10-11-22)34(42)39-31-9-3-8-30(37)29(31)17-16-28-20-38-27-7-4-18-47(45,46)41(28)21-27/h2-3,5-6,8-9,12-15,19,22,27-28,32-33,38H,4,7,10-11,16-18,20-21H2,1H3,(H,39,42)(H,43,44)/t27?,28?,32-,33-/m0/s1. The predicted molar refractivity (Wildman–Crippen MR) is 175 cm³/mol. The van der Waals surface area contributed by atoms with Crippen molar-refractivity contribution in [2.75, 3.05) is 31.2 Å². The number of hydrogen-bond acceptors (Lipinski definition) is 5. The second kappa shape index (κ2) is 13.7. The molecule has 3 aromatic carbocycles. The first kappa shape index (κ1) is 33.0. The van der Waals surface area contributed by atoms with Crippen molar-refractivity contribution in [1.29, 1.82) is 0 Å². The van der Waals surface area contributed by atoms with E-state index in [1.165, 1.54) is 31.3 Å². The van der Waals surface area contributed by atoms with Crippen LogP contribution in [0.1, 0.15) is 66.2 Å². The van der Waals surface area contributed by atoms with Crippen LogP contribution in [0.5, 0.6) is 0 Å². The first-order valence-corrected chi connectivity index (χ1v) is 17.7. The summed E-state index contributed by atoms with van der Waals surface area (Å²) in [5.74, 6) is -2.02. The highest BCUT2D eigenvalue weighted by Crippen LogP contribution is 2.42. The Morgan fingerprint density at radius 1 is 1.04 bits per heavy atom. The van der Waals surface area contributed by atoms with Gasteiger partial charge in [0.05, 0.1) is 5.75 Å². The highest BCUT2D eigenvalue weighted by molar-refractivity contribution is 7.89. The number of nitrogens with one attached hydrogen (secondary N) is 2. The maximum atomic E-state index is 15.4. The van der Waals surface area contributed by atoms with E-state index in [2.05, 4.69) is 10.6 Å². The number of amides is 2. The Labute approximate surface area is 274 Å². The van der Waals surface area contributed by atoms with Crippen LogP contribution in [0.2, 0.25) is 0 Å². The number of hydrogen-bond donors (Lipinski definition) is 3. The molecule has 2 amide bonds. The Morgan fingerprint density at radius 2 is 1.79 bits per heavy atom. The second-order valence-corrected chi connectivity index (χ2v) is 14.9. The molecule has 250 valence electrons. The highest BCUT2D eigenvalue weighted by atomic mass is 32.2. The normalized spacial score (nSPS) is 23.3. The number of carboxylic acid groups (broad SMARTS) is 1. The van der Waals surface area contributed by atoms with E-state index in [0.717, 1.165) is 29.7 Å². The van der Waals surface area contributed by atoms with E-state index in [0.29, 0.717) is 43.0 Å². The monoisotopic (exact) mass is 666 g/mol. The van der Waals surface area contributed by atoms with Gasteiger partial charge in [0, 0.05) is 49.4 Å². The fraction of sp³-hybridized carbons (Fsp3) is 0.429. The lowest BCUT2D eigenvalue weighted by atomic mass is 9.83. The molecule has 2 bridgehead atoms. The first-order valence-electron chi connectivity index (χ1n) is 16.1. The van der Waals surface area contributed by atoms with Gasteiger partial charge in [-0.05, 0) is 85.4 Å². The Bertz CT molecular complexity index is 1730. The summed E-state index contributed by atoms with van der Waals surface area (Å²) in [5, 5.41) is 16.4. The number of halogens is 2. The van der Waals surface area contributed by atoms with Crippen LogP contribution in [0, 0.1) is 11.6 Å². The van der Waals surface area contributed by atoms with Crippen molar-refractivity contribution in [2.24, 2.45) is 0 Å². The van der Waals surface area contributed by atoms with Crippen molar-refractivity contribution in [3.63, 3.8) is 0 Å². The van der Waals surface area contributed by atoms with Crippen molar-refractivity contribution in [3.05, 3.63) is 101 Å². The summed E-state index contributed by atoms with van der Waals surface area (Å²) in [6.45, 7) is 0.828. The SMILES string of the molecule is CN(C(=O)O)[C@H](C(=O)Nc1cccc(F)c1CCC1CNC2CCCS(=O)(=O)N1C2)[C@@H](c1ccc(F)cc1)c1cccc(C2CC2)c1. The number of carbonyl (C=O) groups is 2. The van der Waals surface area contributed by atoms with Crippen molar-refractivity contribution < 1.29 is 31.9 Å². The number of rotatable bonds is 10. The number of anilines is 1. The molecule has 1 aliphatic carbocycles. The molecule has 5 atom stereocenters. The van der Waals surface area contributed by atoms with Gasteiger partial charge in [-0.2, -0.15) is 4.31 Å². The number of sulfonamides is 1. The first-order chi connectivity index (χ1) is 22.5. The maximum absolute atomic E-state index is 15.4. The summed E-state index contributed by atoms with van der Waals surface area (Å²) in [4.78, 5) is 27.6. The van der Waals surface area contributed by atoms with Gasteiger partial charge < -0.3 is 15.7 Å². The molecule has 0 spiro atoms. The van der Waals surface area contributed by atoms with Crippen LogP contribution in [0.15, 0.2) is 66.7 Å². The molecule has 1 saturated carbocycles. The van der Waals surface area contributed by atoms with Crippen molar-refractivity contribution in [3.8, 4) is 0 Å². The van der Waals surface area contributed by atoms with Crippen LogP contribution in [-0.4, -0.2) is 78.7 Å². The fourth-order valence-corrected chi connectivity index (χ4v) is 8.82. The zero-order valence-corrected chi connectivity index (χ0v) is 27.1. The van der Waals surface area contributed by atoms with Crippen molar-refractivity contribution in [1.82, 2.24) is 14.5 Å². The van der Waals surface area contributed by atoms with E-state index in [1.807, 2.05) is 24.3 Å². The van der Waals surface area contributed by atoms with Crippen LogP contribution < -0.4 is 10.6 Å². The quantitative estimate of drug-likeness (QED) is 0.271. The molecule has 12 heteroatoms. The molecule has 47 heavy (non-hydrogen) atoms. The zero-order valence-electron chi connectivity index (χ0n) is 26.2. The van der Waals surface area contributed by atoms with Crippen LogP contribution in [0.3, 0.4) is 0 Å².